The molecule has 0 heterocycles. The molecule has 1 nitrogen and oxygen atoms in total. The largest absolute Gasteiger partial charge is 0.310 e. The van der Waals surface area contributed by atoms with Crippen molar-refractivity contribution in [3.63, 3.8) is 0 Å². The van der Waals surface area contributed by atoms with E-state index in [0.29, 0.717) is 0 Å². The number of nitrogens with zero attached hydrogens (tertiary/aromatic N) is 1. The van der Waals surface area contributed by atoms with E-state index in [4.69, 9.17) is 0 Å². The molecule has 0 spiro atoms. The molecule has 0 atom stereocenters. The van der Waals surface area contributed by atoms with Crippen LogP contribution in [0.3, 0.4) is 0 Å². The number of benzene rings is 8. The van der Waals surface area contributed by atoms with Gasteiger partial charge in [-0.15, -0.1) is 0 Å². The maximum atomic E-state index is 2.44. The molecule has 0 unspecified atom stereocenters. The van der Waals surface area contributed by atoms with Crippen molar-refractivity contribution < 1.29 is 0 Å². The van der Waals surface area contributed by atoms with Crippen LogP contribution in [0, 0.1) is 6.92 Å². The molecule has 49 heavy (non-hydrogen) atoms. The molecule has 234 valence electrons. The van der Waals surface area contributed by atoms with Gasteiger partial charge in [0, 0.05) is 22.5 Å². The SMILES string of the molecule is Cc1cc(-c2cc3ccccc3c3ccccc23)ccc1N(c1ccc(-c2ccccc2)cc1)c1ccc2c(c1)C(C)(C)c1ccccc1-2. The lowest BCUT2D eigenvalue weighted by Gasteiger charge is -2.29. The Hall–Kier alpha value is -5.92. The molecule has 8 aromatic carbocycles. The zero-order valence-corrected chi connectivity index (χ0v) is 28.1. The van der Waals surface area contributed by atoms with E-state index < -0.39 is 0 Å². The van der Waals surface area contributed by atoms with Crippen molar-refractivity contribution in [2.45, 2.75) is 26.2 Å². The minimum Gasteiger partial charge on any atom is -0.310 e. The lowest BCUT2D eigenvalue weighted by molar-refractivity contribution is 0.660. The summed E-state index contributed by atoms with van der Waals surface area (Å²) in [5, 5.41) is 5.13. The summed E-state index contributed by atoms with van der Waals surface area (Å²) in [6, 6.07) is 62.4. The normalized spacial score (nSPS) is 13.0. The van der Waals surface area contributed by atoms with Crippen LogP contribution < -0.4 is 4.90 Å². The summed E-state index contributed by atoms with van der Waals surface area (Å²) < 4.78 is 0. The Morgan fingerprint density at radius 1 is 0.408 bits per heavy atom. The lowest BCUT2D eigenvalue weighted by Crippen LogP contribution is -2.17. The van der Waals surface area contributed by atoms with Gasteiger partial charge in [-0.3, -0.25) is 0 Å². The van der Waals surface area contributed by atoms with Crippen LogP contribution in [-0.2, 0) is 5.41 Å². The van der Waals surface area contributed by atoms with Crippen LogP contribution in [0.2, 0.25) is 0 Å². The van der Waals surface area contributed by atoms with Crippen molar-refractivity contribution in [2.24, 2.45) is 0 Å². The van der Waals surface area contributed by atoms with E-state index in [1.807, 2.05) is 0 Å². The highest BCUT2D eigenvalue weighted by Gasteiger charge is 2.35. The quantitative estimate of drug-likeness (QED) is 0.172. The highest BCUT2D eigenvalue weighted by Crippen LogP contribution is 2.51. The molecule has 0 radical (unpaired) electrons. The van der Waals surface area contributed by atoms with E-state index in [9.17, 15) is 0 Å². The Morgan fingerprint density at radius 3 is 1.82 bits per heavy atom. The average molecular weight is 628 g/mol. The Kier molecular flexibility index (Phi) is 6.78. The highest BCUT2D eigenvalue weighted by molar-refractivity contribution is 6.13. The van der Waals surface area contributed by atoms with Gasteiger partial charge in [-0.25, -0.2) is 0 Å². The third kappa shape index (κ3) is 4.77. The summed E-state index contributed by atoms with van der Waals surface area (Å²) in [6.45, 7) is 6.96. The Morgan fingerprint density at radius 2 is 1.02 bits per heavy atom. The molecule has 0 saturated carbocycles. The summed E-state index contributed by atoms with van der Waals surface area (Å²) in [7, 11) is 0. The predicted octanol–water partition coefficient (Wildman–Crippen LogP) is 13.4. The molecule has 1 aliphatic rings. The first-order valence-electron chi connectivity index (χ1n) is 17.2. The number of rotatable bonds is 5. The van der Waals surface area contributed by atoms with E-state index >= 15 is 0 Å². The molecular formula is C48H37N. The van der Waals surface area contributed by atoms with Crippen molar-refractivity contribution >= 4 is 38.6 Å². The van der Waals surface area contributed by atoms with Gasteiger partial charge >= 0.3 is 0 Å². The minimum atomic E-state index is -0.0825. The molecule has 1 heteroatoms. The number of anilines is 3. The molecule has 0 bridgehead atoms. The monoisotopic (exact) mass is 627 g/mol. The van der Waals surface area contributed by atoms with Gasteiger partial charge in [-0.2, -0.15) is 0 Å². The lowest BCUT2D eigenvalue weighted by atomic mass is 9.82. The smallest absolute Gasteiger partial charge is 0.0491 e. The van der Waals surface area contributed by atoms with Gasteiger partial charge in [0.2, 0.25) is 0 Å². The Labute approximate surface area is 288 Å². The van der Waals surface area contributed by atoms with Crippen molar-refractivity contribution in [3.8, 4) is 33.4 Å². The Balaban J connectivity index is 1.20. The maximum Gasteiger partial charge on any atom is 0.0491 e. The van der Waals surface area contributed by atoms with Crippen molar-refractivity contribution in [1.29, 1.82) is 0 Å². The molecule has 0 N–H and O–H groups in total. The third-order valence-corrected chi connectivity index (χ3v) is 10.6. The van der Waals surface area contributed by atoms with E-state index in [-0.39, 0.29) is 5.41 Å². The van der Waals surface area contributed by atoms with Crippen LogP contribution in [0.25, 0.3) is 54.9 Å². The van der Waals surface area contributed by atoms with Gasteiger partial charge < -0.3 is 4.90 Å². The second-order valence-corrected chi connectivity index (χ2v) is 13.8. The van der Waals surface area contributed by atoms with Crippen LogP contribution in [-0.4, -0.2) is 0 Å². The average Bonchev–Trinajstić information content (AvgIpc) is 3.38. The second kappa shape index (κ2) is 11.4. The van der Waals surface area contributed by atoms with Crippen molar-refractivity contribution in [1.82, 2.24) is 0 Å². The Bertz CT molecular complexity index is 2520. The summed E-state index contributed by atoms with van der Waals surface area (Å²) in [5.74, 6) is 0. The number of aryl methyl sites for hydroxylation is 1. The van der Waals surface area contributed by atoms with Crippen LogP contribution in [0.1, 0.15) is 30.5 Å². The molecule has 0 aromatic heterocycles. The standard InChI is InChI=1S/C48H37N/c1-32-29-36(44-30-35-15-7-8-16-39(35)40-17-9-10-18-41(40)44)23-28-47(32)49(37-24-21-34(22-25-37)33-13-5-4-6-14-33)38-26-27-43-42-19-11-12-20-45(42)48(2,3)46(43)31-38/h4-31H,1-3H3. The van der Waals surface area contributed by atoms with Crippen LogP contribution in [0.15, 0.2) is 170 Å². The topological polar surface area (TPSA) is 3.24 Å². The molecule has 8 aromatic rings. The van der Waals surface area contributed by atoms with E-state index in [1.165, 1.54) is 83.0 Å². The van der Waals surface area contributed by atoms with Crippen molar-refractivity contribution in [3.05, 3.63) is 187 Å². The molecule has 0 saturated heterocycles. The molecule has 0 amide bonds. The molecule has 9 rings (SSSR count). The first kappa shape index (κ1) is 29.2. The number of hydrogen-bond donors (Lipinski definition) is 0. The maximum absolute atomic E-state index is 2.44. The fourth-order valence-corrected chi connectivity index (χ4v) is 8.06. The van der Waals surface area contributed by atoms with Gasteiger partial charge in [0.25, 0.3) is 0 Å². The number of fused-ring (bicyclic) bond motifs is 6. The summed E-state index contributed by atoms with van der Waals surface area (Å²) >= 11 is 0. The zero-order valence-electron chi connectivity index (χ0n) is 28.1. The molecule has 0 fully saturated rings. The van der Waals surface area contributed by atoms with Gasteiger partial charge in [0.05, 0.1) is 0 Å². The fourth-order valence-electron chi connectivity index (χ4n) is 8.06. The van der Waals surface area contributed by atoms with Crippen LogP contribution >= 0.6 is 0 Å². The summed E-state index contributed by atoms with van der Waals surface area (Å²) in [6.07, 6.45) is 0. The molecule has 0 aliphatic heterocycles. The second-order valence-electron chi connectivity index (χ2n) is 13.8. The summed E-state index contributed by atoms with van der Waals surface area (Å²) in [4.78, 5) is 2.44. The van der Waals surface area contributed by atoms with E-state index in [2.05, 4.69) is 196 Å². The predicted molar refractivity (Wildman–Crippen MR) is 209 cm³/mol. The van der Waals surface area contributed by atoms with Gasteiger partial charge in [-0.05, 0) is 121 Å². The number of hydrogen-bond acceptors (Lipinski definition) is 1. The summed E-state index contributed by atoms with van der Waals surface area (Å²) in [5.41, 5.74) is 15.0. The van der Waals surface area contributed by atoms with Crippen molar-refractivity contribution in [2.75, 3.05) is 4.90 Å². The molecule has 1 aliphatic carbocycles. The van der Waals surface area contributed by atoms with Gasteiger partial charge in [0.1, 0.15) is 0 Å². The van der Waals surface area contributed by atoms with E-state index in [1.54, 1.807) is 0 Å². The fraction of sp³-hybridized carbons (Fsp3) is 0.0833. The van der Waals surface area contributed by atoms with E-state index in [0.717, 1.165) is 5.69 Å². The molecular weight excluding hydrogens is 591 g/mol. The first-order valence-corrected chi connectivity index (χ1v) is 17.2. The highest BCUT2D eigenvalue weighted by atomic mass is 15.1. The van der Waals surface area contributed by atoms with Crippen LogP contribution in [0.5, 0.6) is 0 Å². The third-order valence-electron chi connectivity index (χ3n) is 10.6. The van der Waals surface area contributed by atoms with Gasteiger partial charge in [0.15, 0.2) is 0 Å². The minimum absolute atomic E-state index is 0.0825. The van der Waals surface area contributed by atoms with Gasteiger partial charge in [-0.1, -0.05) is 141 Å². The van der Waals surface area contributed by atoms with Crippen LogP contribution in [0.4, 0.5) is 17.1 Å². The zero-order chi connectivity index (χ0) is 33.1. The first-order chi connectivity index (χ1) is 24.0.